The standard InChI is InChI=1S/C15H10BrNO2S2/c1-17-14(18)13(21-15(17)20)8-11-6-7-12(19-11)9-2-4-10(16)5-3-9/h2-8H,1H3. The van der Waals surface area contributed by atoms with Crippen LogP contribution in [0.25, 0.3) is 17.4 Å². The fraction of sp³-hybridized carbons (Fsp3) is 0.0667. The first kappa shape index (κ1) is 14.6. The average molecular weight is 380 g/mol. The van der Waals surface area contributed by atoms with Crippen molar-refractivity contribution in [2.24, 2.45) is 0 Å². The molecule has 0 radical (unpaired) electrons. The molecular formula is C15H10BrNO2S2. The Kier molecular flexibility index (Phi) is 4.01. The van der Waals surface area contributed by atoms with Crippen molar-refractivity contribution in [1.82, 2.24) is 4.90 Å². The van der Waals surface area contributed by atoms with Gasteiger partial charge >= 0.3 is 0 Å². The van der Waals surface area contributed by atoms with Gasteiger partial charge in [0.05, 0.1) is 4.91 Å². The van der Waals surface area contributed by atoms with Crippen LogP contribution < -0.4 is 0 Å². The number of carbonyl (C=O) groups excluding carboxylic acids is 1. The van der Waals surface area contributed by atoms with Crippen LogP contribution in [0, 0.1) is 0 Å². The highest BCUT2D eigenvalue weighted by Crippen LogP contribution is 2.32. The molecule has 1 fully saturated rings. The number of rotatable bonds is 2. The van der Waals surface area contributed by atoms with Gasteiger partial charge in [-0.05, 0) is 24.3 Å². The Hall–Kier alpha value is -1.37. The molecule has 1 aliphatic heterocycles. The van der Waals surface area contributed by atoms with E-state index < -0.39 is 0 Å². The normalized spacial score (nSPS) is 17.0. The zero-order chi connectivity index (χ0) is 15.0. The summed E-state index contributed by atoms with van der Waals surface area (Å²) in [7, 11) is 1.67. The van der Waals surface area contributed by atoms with E-state index in [4.69, 9.17) is 16.6 Å². The van der Waals surface area contributed by atoms with Gasteiger partial charge in [0.15, 0.2) is 0 Å². The Labute approximate surface area is 140 Å². The predicted octanol–water partition coefficient (Wildman–Crippen LogP) is 4.54. The molecule has 3 rings (SSSR count). The Morgan fingerprint density at radius 3 is 2.57 bits per heavy atom. The number of benzene rings is 1. The van der Waals surface area contributed by atoms with Crippen LogP contribution in [-0.2, 0) is 4.79 Å². The summed E-state index contributed by atoms with van der Waals surface area (Å²) in [6.45, 7) is 0. The van der Waals surface area contributed by atoms with Gasteiger partial charge in [0.1, 0.15) is 15.8 Å². The molecule has 0 unspecified atom stereocenters. The molecule has 6 heteroatoms. The first-order valence-corrected chi connectivity index (χ1v) is 8.14. The number of likely N-dealkylation sites (N-methyl/N-ethyl adjacent to an activating group) is 1. The quantitative estimate of drug-likeness (QED) is 0.566. The molecule has 0 N–H and O–H groups in total. The Bertz CT molecular complexity index is 749. The van der Waals surface area contributed by atoms with Crippen LogP contribution in [0.4, 0.5) is 0 Å². The third kappa shape index (κ3) is 2.97. The zero-order valence-corrected chi connectivity index (χ0v) is 14.2. The molecule has 1 aromatic heterocycles. The van der Waals surface area contributed by atoms with E-state index in [-0.39, 0.29) is 5.91 Å². The highest BCUT2D eigenvalue weighted by Gasteiger charge is 2.28. The van der Waals surface area contributed by atoms with Crippen molar-refractivity contribution in [3.05, 3.63) is 51.5 Å². The molecule has 1 saturated heterocycles. The van der Waals surface area contributed by atoms with Crippen molar-refractivity contribution < 1.29 is 9.21 Å². The maximum absolute atomic E-state index is 11.9. The van der Waals surface area contributed by atoms with E-state index in [1.54, 1.807) is 13.1 Å². The Morgan fingerprint density at radius 1 is 1.24 bits per heavy atom. The maximum atomic E-state index is 11.9. The van der Waals surface area contributed by atoms with E-state index in [1.807, 2.05) is 36.4 Å². The molecule has 106 valence electrons. The van der Waals surface area contributed by atoms with Crippen LogP contribution in [0.5, 0.6) is 0 Å². The van der Waals surface area contributed by atoms with E-state index in [9.17, 15) is 4.79 Å². The maximum Gasteiger partial charge on any atom is 0.266 e. The number of halogens is 1. The molecule has 3 nitrogen and oxygen atoms in total. The molecule has 2 heterocycles. The van der Waals surface area contributed by atoms with Gasteiger partial charge in [0.25, 0.3) is 5.91 Å². The minimum Gasteiger partial charge on any atom is -0.457 e. The lowest BCUT2D eigenvalue weighted by molar-refractivity contribution is -0.121. The lowest BCUT2D eigenvalue weighted by Crippen LogP contribution is -2.22. The van der Waals surface area contributed by atoms with Crippen LogP contribution >= 0.6 is 39.9 Å². The topological polar surface area (TPSA) is 33.5 Å². The summed E-state index contributed by atoms with van der Waals surface area (Å²) in [6.07, 6.45) is 1.73. The monoisotopic (exact) mass is 379 g/mol. The third-order valence-electron chi connectivity index (χ3n) is 3.02. The lowest BCUT2D eigenvalue weighted by atomic mass is 10.2. The van der Waals surface area contributed by atoms with Gasteiger partial charge in [-0.1, -0.05) is 52.0 Å². The number of furan rings is 1. The van der Waals surface area contributed by atoms with Crippen molar-refractivity contribution in [1.29, 1.82) is 0 Å². The summed E-state index contributed by atoms with van der Waals surface area (Å²) in [5.41, 5.74) is 0.987. The molecule has 0 aliphatic carbocycles. The van der Waals surface area contributed by atoms with Crippen molar-refractivity contribution in [3.8, 4) is 11.3 Å². The molecule has 1 aliphatic rings. The molecule has 1 aromatic carbocycles. The summed E-state index contributed by atoms with van der Waals surface area (Å²) in [6, 6.07) is 11.6. The molecule has 21 heavy (non-hydrogen) atoms. The number of nitrogens with zero attached hydrogens (tertiary/aromatic N) is 1. The minimum atomic E-state index is -0.0911. The third-order valence-corrected chi connectivity index (χ3v) is 5.03. The number of hydrogen-bond acceptors (Lipinski definition) is 4. The van der Waals surface area contributed by atoms with E-state index in [0.717, 1.165) is 15.8 Å². The van der Waals surface area contributed by atoms with Crippen LogP contribution in [0.2, 0.25) is 0 Å². The van der Waals surface area contributed by atoms with E-state index >= 15 is 0 Å². The van der Waals surface area contributed by atoms with Crippen molar-refractivity contribution in [3.63, 3.8) is 0 Å². The number of hydrogen-bond donors (Lipinski definition) is 0. The number of amides is 1. The second kappa shape index (κ2) is 5.79. The SMILES string of the molecule is CN1C(=O)C(=Cc2ccc(-c3ccc(Br)cc3)o2)SC1=S. The van der Waals surface area contributed by atoms with Gasteiger partial charge in [-0.15, -0.1) is 0 Å². The molecule has 0 bridgehead atoms. The largest absolute Gasteiger partial charge is 0.457 e. The second-order valence-corrected chi connectivity index (χ2v) is 7.04. The Morgan fingerprint density at radius 2 is 1.95 bits per heavy atom. The van der Waals surface area contributed by atoms with E-state index in [1.165, 1.54) is 16.7 Å². The van der Waals surface area contributed by atoms with Crippen LogP contribution in [-0.4, -0.2) is 22.2 Å². The average Bonchev–Trinajstić information content (AvgIpc) is 3.02. The van der Waals surface area contributed by atoms with Crippen molar-refractivity contribution in [2.75, 3.05) is 7.05 Å². The van der Waals surface area contributed by atoms with Gasteiger partial charge in [-0.2, -0.15) is 0 Å². The van der Waals surface area contributed by atoms with Crippen LogP contribution in [0.15, 0.2) is 50.2 Å². The second-order valence-electron chi connectivity index (χ2n) is 4.45. The van der Waals surface area contributed by atoms with E-state index in [2.05, 4.69) is 15.9 Å². The van der Waals surface area contributed by atoms with Crippen molar-refractivity contribution in [2.45, 2.75) is 0 Å². The van der Waals surface area contributed by atoms with Crippen LogP contribution in [0.3, 0.4) is 0 Å². The summed E-state index contributed by atoms with van der Waals surface area (Å²) in [5, 5.41) is 0. The minimum absolute atomic E-state index is 0.0911. The highest BCUT2D eigenvalue weighted by molar-refractivity contribution is 9.10. The fourth-order valence-electron chi connectivity index (χ4n) is 1.87. The first-order chi connectivity index (χ1) is 10.0. The molecule has 0 spiro atoms. The van der Waals surface area contributed by atoms with Gasteiger partial charge in [0, 0.05) is 23.2 Å². The van der Waals surface area contributed by atoms with Gasteiger partial charge in [-0.25, -0.2) is 0 Å². The predicted molar refractivity (Wildman–Crippen MR) is 92.8 cm³/mol. The lowest BCUT2D eigenvalue weighted by Gasteiger charge is -2.03. The molecule has 0 atom stereocenters. The van der Waals surface area contributed by atoms with Crippen molar-refractivity contribution >= 4 is 56.2 Å². The van der Waals surface area contributed by atoms with E-state index in [0.29, 0.717) is 15.0 Å². The van der Waals surface area contributed by atoms with Crippen LogP contribution in [0.1, 0.15) is 5.76 Å². The zero-order valence-electron chi connectivity index (χ0n) is 11.0. The first-order valence-electron chi connectivity index (χ1n) is 6.12. The highest BCUT2D eigenvalue weighted by atomic mass is 79.9. The Balaban J connectivity index is 1.87. The molecule has 2 aromatic rings. The number of carbonyl (C=O) groups is 1. The number of thioether (sulfide) groups is 1. The summed E-state index contributed by atoms with van der Waals surface area (Å²) >= 11 is 9.79. The molecule has 1 amide bonds. The summed E-state index contributed by atoms with van der Waals surface area (Å²) in [5.74, 6) is 1.31. The summed E-state index contributed by atoms with van der Waals surface area (Å²) in [4.78, 5) is 14.0. The van der Waals surface area contributed by atoms with Gasteiger partial charge in [-0.3, -0.25) is 9.69 Å². The number of thiocarbonyl (C=S) groups is 1. The fourth-order valence-corrected chi connectivity index (χ4v) is 3.30. The summed E-state index contributed by atoms with van der Waals surface area (Å²) < 4.78 is 7.35. The smallest absolute Gasteiger partial charge is 0.266 e. The van der Waals surface area contributed by atoms with Gasteiger partial charge in [0.2, 0.25) is 0 Å². The molecular weight excluding hydrogens is 370 g/mol. The molecule has 0 saturated carbocycles. The van der Waals surface area contributed by atoms with Gasteiger partial charge < -0.3 is 4.42 Å².